The van der Waals surface area contributed by atoms with Gasteiger partial charge in [-0.2, -0.15) is 4.98 Å². The predicted octanol–water partition coefficient (Wildman–Crippen LogP) is 0.753. The van der Waals surface area contributed by atoms with Crippen LogP contribution in [0.4, 0.5) is 5.82 Å². The van der Waals surface area contributed by atoms with Crippen molar-refractivity contribution >= 4 is 21.1 Å². The number of aliphatic hydroxyl groups excluding tert-OH is 1. The SMILES string of the molecule is [3H]POCC1OC(n2ccc(NCCCCCCNC(=O)Cc3cnc[nH]3)nc2=O)CC1O. The van der Waals surface area contributed by atoms with E-state index >= 15 is 0 Å². The molecule has 0 radical (unpaired) electrons. The lowest BCUT2D eigenvalue weighted by Gasteiger charge is -2.15. The fraction of sp³-hybridized carbons (Fsp3) is 0.600. The number of hydrogen-bond acceptors (Lipinski definition) is 8. The van der Waals surface area contributed by atoms with Crippen molar-refractivity contribution in [3.05, 3.63) is 41.0 Å². The van der Waals surface area contributed by atoms with E-state index in [1.165, 1.54) is 4.57 Å². The molecule has 1 aliphatic rings. The van der Waals surface area contributed by atoms with E-state index in [0.717, 1.165) is 31.4 Å². The maximum atomic E-state index is 12.4. The maximum absolute atomic E-state index is 12.4. The van der Waals surface area contributed by atoms with Crippen molar-refractivity contribution in [3.63, 3.8) is 0 Å². The first-order valence-corrected chi connectivity index (χ1v) is 11.2. The number of imidazole rings is 1. The quantitative estimate of drug-likeness (QED) is 0.235. The van der Waals surface area contributed by atoms with Crippen molar-refractivity contribution in [1.29, 1.82) is 1.28 Å². The molecule has 4 unspecified atom stereocenters. The van der Waals surface area contributed by atoms with E-state index in [1.54, 1.807) is 24.8 Å². The first-order chi connectivity index (χ1) is 16.1. The topological polar surface area (TPSA) is 143 Å². The number of carbonyl (C=O) groups is 1. The van der Waals surface area contributed by atoms with Crippen LogP contribution in [0.25, 0.3) is 0 Å². The van der Waals surface area contributed by atoms with Crippen molar-refractivity contribution < 1.29 is 19.2 Å². The minimum absolute atomic E-state index is 0.0173. The second-order valence-corrected chi connectivity index (χ2v) is 7.98. The lowest BCUT2D eigenvalue weighted by molar-refractivity contribution is -0.120. The fourth-order valence-corrected chi connectivity index (χ4v) is 3.68. The third kappa shape index (κ3) is 7.37. The predicted molar refractivity (Wildman–Crippen MR) is 121 cm³/mol. The lowest BCUT2D eigenvalue weighted by atomic mass is 10.2. The van der Waals surface area contributed by atoms with Crippen LogP contribution < -0.4 is 16.3 Å². The Hall–Kier alpha value is -2.33. The molecule has 11 nitrogen and oxygen atoms in total. The van der Waals surface area contributed by atoms with Gasteiger partial charge in [0.2, 0.25) is 5.91 Å². The molecule has 1 fully saturated rings. The number of nitrogens with zero attached hydrogens (tertiary/aromatic N) is 3. The van der Waals surface area contributed by atoms with Gasteiger partial charge < -0.3 is 30.0 Å². The first kappa shape index (κ1) is 22.8. The summed E-state index contributed by atoms with van der Waals surface area (Å²) < 4.78 is 19.1. The van der Waals surface area contributed by atoms with Gasteiger partial charge in [0.1, 0.15) is 18.1 Å². The second-order valence-electron chi connectivity index (χ2n) is 7.69. The number of unbranched alkanes of at least 4 members (excludes halogenated alkanes) is 3. The molecule has 3 rings (SSSR count). The number of carbonyl (C=O) groups excluding carboxylic acids is 1. The van der Waals surface area contributed by atoms with Crippen LogP contribution in [0.15, 0.2) is 29.6 Å². The number of aromatic amines is 1. The van der Waals surface area contributed by atoms with Crippen molar-refractivity contribution in [1.82, 2.24) is 24.8 Å². The highest BCUT2D eigenvalue weighted by Crippen LogP contribution is 2.28. The van der Waals surface area contributed by atoms with E-state index in [1.807, 2.05) is 0 Å². The summed E-state index contributed by atoms with van der Waals surface area (Å²) in [6, 6.07) is 1.71. The highest BCUT2D eigenvalue weighted by atomic mass is 31.0. The average molecular weight is 468 g/mol. The summed E-state index contributed by atoms with van der Waals surface area (Å²) in [7, 11) is -0.428. The summed E-state index contributed by atoms with van der Waals surface area (Å²) in [6.45, 7) is 1.46. The second kappa shape index (κ2) is 12.6. The number of ether oxygens (including phenoxy) is 1. The van der Waals surface area contributed by atoms with Gasteiger partial charge in [-0.15, -0.1) is 0 Å². The van der Waals surface area contributed by atoms with E-state index in [4.69, 9.17) is 10.5 Å². The summed E-state index contributed by atoms with van der Waals surface area (Å²) >= 11 is 0. The van der Waals surface area contributed by atoms with Crippen LogP contribution in [0, 0.1) is 0 Å². The van der Waals surface area contributed by atoms with Crippen LogP contribution in [-0.2, 0) is 20.5 Å². The molecule has 12 heteroatoms. The fourth-order valence-electron chi connectivity index (χ4n) is 3.51. The smallest absolute Gasteiger partial charge is 0.351 e. The Morgan fingerprint density at radius 2 is 2.25 bits per heavy atom. The Morgan fingerprint density at radius 1 is 1.41 bits per heavy atom. The van der Waals surface area contributed by atoms with Gasteiger partial charge in [0.25, 0.3) is 0 Å². The summed E-state index contributed by atoms with van der Waals surface area (Å²) in [5.41, 5.74) is 0.347. The normalized spacial score (nSPS) is 21.2. The molecule has 3 heterocycles. The van der Waals surface area contributed by atoms with Crippen LogP contribution >= 0.6 is 9.41 Å². The van der Waals surface area contributed by atoms with E-state index in [0.29, 0.717) is 25.3 Å². The van der Waals surface area contributed by atoms with Crippen molar-refractivity contribution in [2.45, 2.75) is 57.0 Å². The largest absolute Gasteiger partial charge is 0.390 e. The Bertz CT molecular complexity index is 915. The van der Waals surface area contributed by atoms with Crippen LogP contribution in [0.1, 0.15) is 44.0 Å². The van der Waals surface area contributed by atoms with E-state index < -0.39 is 33.5 Å². The molecule has 2 aromatic rings. The number of aliphatic hydroxyl groups is 1. The molecule has 32 heavy (non-hydrogen) atoms. The number of hydrogen-bond donors (Lipinski definition) is 4. The molecular weight excluding hydrogens is 435 g/mol. The van der Waals surface area contributed by atoms with Gasteiger partial charge >= 0.3 is 5.69 Å². The summed E-state index contributed by atoms with van der Waals surface area (Å²) in [5.74, 6) is 0.479. The highest BCUT2D eigenvalue weighted by Gasteiger charge is 2.35. The lowest BCUT2D eigenvalue weighted by Crippen LogP contribution is -2.28. The standard InChI is InChI=1S/C20H31N6O5P/c27-15-10-19(31-16(15)12-30-32)26-8-5-17(25-20(26)29)22-6-3-1-2-4-7-23-18(28)9-14-11-21-13-24-14/h5,8,11,13,15-16,19,27H,1-4,6-7,9-10,12,32H2,(H,21,24)(H,23,28)(H,22,25,29)/i32T. The van der Waals surface area contributed by atoms with Gasteiger partial charge in [0.15, 0.2) is 0 Å². The molecule has 0 aliphatic carbocycles. The third-order valence-corrected chi connectivity index (χ3v) is 5.40. The zero-order valence-corrected chi connectivity index (χ0v) is 18.8. The Balaban J connectivity index is 1.28. The van der Waals surface area contributed by atoms with Gasteiger partial charge in [-0.3, -0.25) is 9.36 Å². The Kier molecular flexibility index (Phi) is 9.03. The zero-order chi connectivity index (χ0) is 23.5. The molecule has 176 valence electrons. The minimum atomic E-state index is -0.749. The molecule has 1 saturated heterocycles. The van der Waals surface area contributed by atoms with Gasteiger partial charge in [-0.25, -0.2) is 9.78 Å². The molecule has 0 saturated carbocycles. The van der Waals surface area contributed by atoms with Gasteiger partial charge in [0.05, 0.1) is 26.7 Å². The van der Waals surface area contributed by atoms with E-state index in [2.05, 4.69) is 25.6 Å². The first-order valence-electron chi connectivity index (χ1n) is 11.3. The third-order valence-electron chi connectivity index (χ3n) is 5.23. The van der Waals surface area contributed by atoms with Crippen LogP contribution in [0.2, 0.25) is 0 Å². The molecule has 1 aliphatic heterocycles. The molecule has 4 N–H and O–H groups in total. The number of anilines is 1. The number of nitrogens with one attached hydrogen (secondary N) is 3. The van der Waals surface area contributed by atoms with Crippen molar-refractivity contribution in [2.75, 3.05) is 25.0 Å². The van der Waals surface area contributed by atoms with E-state index in [9.17, 15) is 14.7 Å². The van der Waals surface area contributed by atoms with Crippen LogP contribution in [-0.4, -0.2) is 63.7 Å². The minimum Gasteiger partial charge on any atom is -0.390 e. The van der Waals surface area contributed by atoms with E-state index in [-0.39, 0.29) is 18.9 Å². The summed E-state index contributed by atoms with van der Waals surface area (Å²) in [4.78, 5) is 35.0. The average Bonchev–Trinajstić information content (AvgIpc) is 3.43. The molecule has 0 bridgehead atoms. The number of aromatic nitrogens is 4. The Labute approximate surface area is 189 Å². The van der Waals surface area contributed by atoms with Crippen molar-refractivity contribution in [3.8, 4) is 0 Å². The van der Waals surface area contributed by atoms with Crippen molar-refractivity contribution in [2.24, 2.45) is 0 Å². The van der Waals surface area contributed by atoms with Crippen LogP contribution in [0.3, 0.4) is 0 Å². The van der Waals surface area contributed by atoms with Gasteiger partial charge in [0, 0.05) is 47.0 Å². The molecular formula is C20H31N6O5P. The number of amides is 1. The number of rotatable bonds is 14. The Morgan fingerprint density at radius 3 is 3.00 bits per heavy atom. The highest BCUT2D eigenvalue weighted by molar-refractivity contribution is 7.09. The maximum Gasteiger partial charge on any atom is 0.351 e. The van der Waals surface area contributed by atoms with Gasteiger partial charge in [-0.05, 0) is 18.9 Å². The summed E-state index contributed by atoms with van der Waals surface area (Å²) in [5, 5.41) is 16.1. The molecule has 4 atom stereocenters. The van der Waals surface area contributed by atoms with Gasteiger partial charge in [-0.1, -0.05) is 12.8 Å². The molecule has 2 aromatic heterocycles. The van der Waals surface area contributed by atoms with Crippen LogP contribution in [0.5, 0.6) is 0 Å². The summed E-state index contributed by atoms with van der Waals surface area (Å²) in [6.07, 6.45) is 7.30. The monoisotopic (exact) mass is 468 g/mol. The number of H-pyrrole nitrogens is 1. The molecule has 1 amide bonds. The molecule has 0 aromatic carbocycles. The molecule has 0 spiro atoms. The zero-order valence-electron chi connectivity index (χ0n) is 18.8.